The first-order chi connectivity index (χ1) is 10.5. The van der Waals surface area contributed by atoms with Gasteiger partial charge in [0.05, 0.1) is 7.11 Å². The van der Waals surface area contributed by atoms with Crippen molar-refractivity contribution >= 4 is 12.0 Å². The van der Waals surface area contributed by atoms with E-state index in [-0.39, 0.29) is 23.6 Å². The SMILES string of the molecule is C=CCNC(=O)/C(C#N)=C/c1ccc(OC)c(OC(F)F)c1. The van der Waals surface area contributed by atoms with Crippen molar-refractivity contribution in [3.05, 3.63) is 42.0 Å². The largest absolute Gasteiger partial charge is 0.493 e. The van der Waals surface area contributed by atoms with Gasteiger partial charge in [0, 0.05) is 6.54 Å². The third-order valence-corrected chi connectivity index (χ3v) is 2.49. The molecule has 0 saturated heterocycles. The number of carbonyl (C=O) groups excluding carboxylic acids is 1. The number of methoxy groups -OCH3 is 1. The van der Waals surface area contributed by atoms with Crippen molar-refractivity contribution in [2.45, 2.75) is 6.61 Å². The number of hydrogen-bond donors (Lipinski definition) is 1. The zero-order valence-corrected chi connectivity index (χ0v) is 11.8. The number of carbonyl (C=O) groups is 1. The van der Waals surface area contributed by atoms with Gasteiger partial charge in [0.25, 0.3) is 5.91 Å². The zero-order valence-electron chi connectivity index (χ0n) is 11.8. The van der Waals surface area contributed by atoms with Crippen molar-refractivity contribution in [3.63, 3.8) is 0 Å². The zero-order chi connectivity index (χ0) is 16.5. The number of alkyl halides is 2. The fraction of sp³-hybridized carbons (Fsp3) is 0.200. The molecular formula is C15H14F2N2O3. The Balaban J connectivity index is 3.09. The van der Waals surface area contributed by atoms with Crippen molar-refractivity contribution < 1.29 is 23.0 Å². The van der Waals surface area contributed by atoms with Crippen LogP contribution in [0.15, 0.2) is 36.4 Å². The molecule has 116 valence electrons. The fourth-order valence-electron chi connectivity index (χ4n) is 1.55. The monoisotopic (exact) mass is 308 g/mol. The smallest absolute Gasteiger partial charge is 0.387 e. The number of amides is 1. The Morgan fingerprint density at radius 3 is 2.77 bits per heavy atom. The summed E-state index contributed by atoms with van der Waals surface area (Å²) < 4.78 is 33.9. The predicted octanol–water partition coefficient (Wildman–Crippen LogP) is 2.51. The molecule has 0 aliphatic rings. The van der Waals surface area contributed by atoms with Gasteiger partial charge in [0.1, 0.15) is 11.6 Å². The Morgan fingerprint density at radius 1 is 1.50 bits per heavy atom. The molecule has 1 aromatic rings. The summed E-state index contributed by atoms with van der Waals surface area (Å²) in [5.41, 5.74) is 0.178. The summed E-state index contributed by atoms with van der Waals surface area (Å²) in [5.74, 6) is -0.656. The van der Waals surface area contributed by atoms with Gasteiger partial charge in [-0.2, -0.15) is 14.0 Å². The van der Waals surface area contributed by atoms with E-state index in [9.17, 15) is 13.6 Å². The Hall–Kier alpha value is -2.88. The lowest BCUT2D eigenvalue weighted by Crippen LogP contribution is -2.24. The number of benzene rings is 1. The molecule has 0 unspecified atom stereocenters. The molecule has 0 fully saturated rings. The molecule has 0 aliphatic carbocycles. The molecule has 5 nitrogen and oxygen atoms in total. The third-order valence-electron chi connectivity index (χ3n) is 2.49. The molecule has 1 N–H and O–H groups in total. The summed E-state index contributed by atoms with van der Waals surface area (Å²) in [6.45, 7) is 0.636. The van der Waals surface area contributed by atoms with Gasteiger partial charge in [-0.15, -0.1) is 6.58 Å². The molecule has 0 radical (unpaired) electrons. The summed E-state index contributed by atoms with van der Waals surface area (Å²) in [6.07, 6.45) is 2.73. The number of hydrogen-bond acceptors (Lipinski definition) is 4. The van der Waals surface area contributed by atoms with Crippen LogP contribution < -0.4 is 14.8 Å². The van der Waals surface area contributed by atoms with Crippen LogP contribution in [0.5, 0.6) is 11.5 Å². The lowest BCUT2D eigenvalue weighted by molar-refractivity contribution is -0.116. The first-order valence-electron chi connectivity index (χ1n) is 6.15. The lowest BCUT2D eigenvalue weighted by atomic mass is 10.1. The molecule has 0 aromatic heterocycles. The van der Waals surface area contributed by atoms with Gasteiger partial charge in [-0.05, 0) is 23.8 Å². The minimum atomic E-state index is -3.01. The van der Waals surface area contributed by atoms with Gasteiger partial charge >= 0.3 is 6.61 Å². The van der Waals surface area contributed by atoms with E-state index in [2.05, 4.69) is 16.6 Å². The van der Waals surface area contributed by atoms with Crippen molar-refractivity contribution in [3.8, 4) is 17.6 Å². The third kappa shape index (κ3) is 4.90. The van der Waals surface area contributed by atoms with E-state index in [4.69, 9.17) is 10.00 Å². The highest BCUT2D eigenvalue weighted by Gasteiger charge is 2.12. The fourth-order valence-corrected chi connectivity index (χ4v) is 1.55. The van der Waals surface area contributed by atoms with Gasteiger partial charge < -0.3 is 14.8 Å². The Labute approximate surface area is 126 Å². The molecule has 0 aliphatic heterocycles. The minimum Gasteiger partial charge on any atom is -0.493 e. The first kappa shape index (κ1) is 17.2. The van der Waals surface area contributed by atoms with E-state index in [1.54, 1.807) is 6.07 Å². The van der Waals surface area contributed by atoms with E-state index >= 15 is 0 Å². The average Bonchev–Trinajstić information content (AvgIpc) is 2.49. The van der Waals surface area contributed by atoms with Crippen molar-refractivity contribution in [2.75, 3.05) is 13.7 Å². The Kier molecular flexibility index (Phi) is 6.57. The highest BCUT2D eigenvalue weighted by Crippen LogP contribution is 2.30. The first-order valence-corrected chi connectivity index (χ1v) is 6.15. The number of nitriles is 1. The molecular weight excluding hydrogens is 294 g/mol. The molecule has 1 amide bonds. The molecule has 0 spiro atoms. The number of halogens is 2. The maximum atomic E-state index is 12.3. The van der Waals surface area contributed by atoms with Crippen LogP contribution in [0.2, 0.25) is 0 Å². The van der Waals surface area contributed by atoms with Gasteiger partial charge in [-0.25, -0.2) is 0 Å². The maximum absolute atomic E-state index is 12.3. The van der Waals surface area contributed by atoms with Crippen LogP contribution in [0.4, 0.5) is 8.78 Å². The van der Waals surface area contributed by atoms with Crippen LogP contribution >= 0.6 is 0 Å². The van der Waals surface area contributed by atoms with Crippen molar-refractivity contribution in [2.24, 2.45) is 0 Å². The van der Waals surface area contributed by atoms with E-state index in [1.165, 1.54) is 37.5 Å². The topological polar surface area (TPSA) is 71.4 Å². The second kappa shape index (κ2) is 8.42. The highest BCUT2D eigenvalue weighted by atomic mass is 19.3. The summed E-state index contributed by atoms with van der Waals surface area (Å²) in [6, 6.07) is 5.91. The van der Waals surface area contributed by atoms with E-state index in [0.29, 0.717) is 5.56 Å². The minimum absolute atomic E-state index is 0.118. The molecule has 0 bridgehead atoms. The number of nitrogens with zero attached hydrogens (tertiary/aromatic N) is 1. The van der Waals surface area contributed by atoms with Gasteiger partial charge in [0.15, 0.2) is 11.5 Å². The Morgan fingerprint density at radius 2 is 2.23 bits per heavy atom. The quantitative estimate of drug-likeness (QED) is 0.477. The van der Waals surface area contributed by atoms with Crippen LogP contribution in [0, 0.1) is 11.3 Å². The second-order valence-corrected chi connectivity index (χ2v) is 3.96. The van der Waals surface area contributed by atoms with Crippen LogP contribution in [0.3, 0.4) is 0 Å². The van der Waals surface area contributed by atoms with E-state index in [1.807, 2.05) is 0 Å². The Bertz CT molecular complexity index is 622. The standard InChI is InChI=1S/C15H14F2N2O3/c1-3-6-19-14(20)11(9-18)7-10-4-5-12(21-2)13(8-10)22-15(16)17/h3-5,7-8,15H,1,6H2,2H3,(H,19,20)/b11-7+. The lowest BCUT2D eigenvalue weighted by Gasteiger charge is -2.10. The summed E-state index contributed by atoms with van der Waals surface area (Å²) >= 11 is 0. The van der Waals surface area contributed by atoms with Gasteiger partial charge in [0.2, 0.25) is 0 Å². The van der Waals surface area contributed by atoms with E-state index in [0.717, 1.165) is 0 Å². The summed E-state index contributed by atoms with van der Waals surface area (Å²) in [7, 11) is 1.31. The average molecular weight is 308 g/mol. The highest BCUT2D eigenvalue weighted by molar-refractivity contribution is 6.01. The van der Waals surface area contributed by atoms with Crippen LogP contribution in [0.1, 0.15) is 5.56 Å². The van der Waals surface area contributed by atoms with Gasteiger partial charge in [-0.3, -0.25) is 4.79 Å². The van der Waals surface area contributed by atoms with E-state index < -0.39 is 12.5 Å². The van der Waals surface area contributed by atoms with Gasteiger partial charge in [-0.1, -0.05) is 12.1 Å². The maximum Gasteiger partial charge on any atom is 0.387 e. The van der Waals surface area contributed by atoms with Crippen LogP contribution in [-0.4, -0.2) is 26.2 Å². The molecule has 7 heteroatoms. The summed E-state index contributed by atoms with van der Waals surface area (Å²) in [5, 5.41) is 11.4. The number of rotatable bonds is 7. The molecule has 0 heterocycles. The predicted molar refractivity (Wildman–Crippen MR) is 76.4 cm³/mol. The molecule has 1 rings (SSSR count). The molecule has 0 atom stereocenters. The summed E-state index contributed by atoms with van der Waals surface area (Å²) in [4.78, 5) is 11.7. The number of ether oxygens (including phenoxy) is 2. The molecule has 0 saturated carbocycles. The number of nitrogens with one attached hydrogen (secondary N) is 1. The van der Waals surface area contributed by atoms with Crippen molar-refractivity contribution in [1.82, 2.24) is 5.32 Å². The van der Waals surface area contributed by atoms with Crippen LogP contribution in [-0.2, 0) is 4.79 Å². The molecule has 1 aromatic carbocycles. The van der Waals surface area contributed by atoms with Crippen LogP contribution in [0.25, 0.3) is 6.08 Å². The van der Waals surface area contributed by atoms with Crippen molar-refractivity contribution in [1.29, 1.82) is 5.26 Å². The molecule has 22 heavy (non-hydrogen) atoms. The second-order valence-electron chi connectivity index (χ2n) is 3.96. The normalized spacial score (nSPS) is 10.8.